The third-order valence-corrected chi connectivity index (χ3v) is 3.32. The van der Waals surface area contributed by atoms with E-state index in [1.165, 1.54) is 7.11 Å². The molecule has 1 aromatic heterocycles. The third kappa shape index (κ3) is 1.56. The molecule has 2 aromatic rings. The van der Waals surface area contributed by atoms with E-state index in [-0.39, 0.29) is 0 Å². The monoisotopic (exact) mass is 240 g/mol. The number of nitriles is 1. The number of methoxy groups -OCH3 is 1. The number of hydrogen-bond acceptors (Lipinski definition) is 3. The van der Waals surface area contributed by atoms with Gasteiger partial charge in [0, 0.05) is 17.6 Å². The lowest BCUT2D eigenvalue weighted by Crippen LogP contribution is -2.02. The van der Waals surface area contributed by atoms with Crippen molar-refractivity contribution in [3.8, 4) is 6.07 Å². The van der Waals surface area contributed by atoms with Gasteiger partial charge in [-0.3, -0.25) is 0 Å². The Kier molecular flexibility index (Phi) is 2.34. The number of hydrogen-bond donors (Lipinski definition) is 0. The molecule has 3 rings (SSSR count). The smallest absolute Gasteiger partial charge is 0.337 e. The molecule has 0 saturated heterocycles. The van der Waals surface area contributed by atoms with Crippen molar-refractivity contribution in [2.75, 3.05) is 7.11 Å². The largest absolute Gasteiger partial charge is 0.465 e. The van der Waals surface area contributed by atoms with E-state index in [9.17, 15) is 4.79 Å². The Bertz CT molecular complexity index is 675. The van der Waals surface area contributed by atoms with Crippen LogP contribution >= 0.6 is 0 Å². The zero-order valence-electron chi connectivity index (χ0n) is 10.0. The van der Waals surface area contributed by atoms with Crippen LogP contribution in [0.3, 0.4) is 0 Å². The number of nitrogens with zero attached hydrogens (tertiary/aromatic N) is 2. The van der Waals surface area contributed by atoms with Crippen molar-refractivity contribution >= 4 is 16.9 Å². The van der Waals surface area contributed by atoms with E-state index in [0.717, 1.165) is 23.7 Å². The average Bonchev–Trinajstić information content (AvgIpc) is 3.16. The van der Waals surface area contributed by atoms with Crippen LogP contribution in [-0.2, 0) is 4.74 Å². The Balaban J connectivity index is 2.25. The molecule has 90 valence electrons. The summed E-state index contributed by atoms with van der Waals surface area (Å²) in [7, 11) is 1.35. The summed E-state index contributed by atoms with van der Waals surface area (Å²) in [6, 6.07) is 7.99. The van der Waals surface area contributed by atoms with Gasteiger partial charge in [-0.15, -0.1) is 0 Å². The molecule has 1 fully saturated rings. The summed E-state index contributed by atoms with van der Waals surface area (Å²) in [4.78, 5) is 11.6. The Morgan fingerprint density at radius 2 is 2.28 bits per heavy atom. The minimum atomic E-state index is -0.406. The van der Waals surface area contributed by atoms with E-state index < -0.39 is 5.97 Å². The van der Waals surface area contributed by atoms with Crippen molar-refractivity contribution < 1.29 is 9.53 Å². The van der Waals surface area contributed by atoms with Gasteiger partial charge in [-0.05, 0) is 31.0 Å². The van der Waals surface area contributed by atoms with Crippen LogP contribution in [0.15, 0.2) is 24.4 Å². The molecule has 0 bridgehead atoms. The Morgan fingerprint density at radius 3 is 2.89 bits per heavy atom. The number of ether oxygens (including phenoxy) is 1. The summed E-state index contributed by atoms with van der Waals surface area (Å²) < 4.78 is 6.86. The highest BCUT2D eigenvalue weighted by Crippen LogP contribution is 2.38. The molecule has 4 heteroatoms. The molecule has 0 radical (unpaired) electrons. The molecular weight excluding hydrogens is 228 g/mol. The molecular formula is C14H12N2O2. The lowest BCUT2D eigenvalue weighted by Gasteiger charge is -2.05. The Morgan fingerprint density at radius 1 is 1.50 bits per heavy atom. The molecule has 0 N–H and O–H groups in total. The quantitative estimate of drug-likeness (QED) is 0.758. The average molecular weight is 240 g/mol. The van der Waals surface area contributed by atoms with E-state index in [4.69, 9.17) is 10.00 Å². The van der Waals surface area contributed by atoms with Gasteiger partial charge in [0.15, 0.2) is 0 Å². The van der Waals surface area contributed by atoms with Gasteiger partial charge in [0.1, 0.15) is 0 Å². The Labute approximate surface area is 104 Å². The van der Waals surface area contributed by atoms with Crippen molar-refractivity contribution in [1.29, 1.82) is 5.26 Å². The van der Waals surface area contributed by atoms with Crippen LogP contribution in [0.5, 0.6) is 0 Å². The number of fused-ring (bicyclic) bond motifs is 1. The molecule has 1 saturated carbocycles. The zero-order chi connectivity index (χ0) is 12.7. The second-order valence-corrected chi connectivity index (χ2v) is 4.51. The number of carbonyl (C=O) groups is 1. The highest BCUT2D eigenvalue weighted by atomic mass is 16.5. The normalized spacial score (nSPS) is 14.4. The summed E-state index contributed by atoms with van der Waals surface area (Å²) in [6.07, 6.45) is 4.31. The van der Waals surface area contributed by atoms with E-state index in [0.29, 0.717) is 17.2 Å². The van der Waals surface area contributed by atoms with Crippen LogP contribution < -0.4 is 0 Å². The first kappa shape index (κ1) is 10.8. The van der Waals surface area contributed by atoms with E-state index >= 15 is 0 Å². The van der Waals surface area contributed by atoms with Crippen LogP contribution in [0, 0.1) is 11.3 Å². The zero-order valence-corrected chi connectivity index (χ0v) is 10.0. The van der Waals surface area contributed by atoms with Crippen molar-refractivity contribution in [1.82, 2.24) is 4.57 Å². The van der Waals surface area contributed by atoms with Gasteiger partial charge >= 0.3 is 5.97 Å². The molecule has 0 atom stereocenters. The van der Waals surface area contributed by atoms with Gasteiger partial charge in [0.05, 0.1) is 29.8 Å². The lowest BCUT2D eigenvalue weighted by molar-refractivity contribution is 0.0601. The van der Waals surface area contributed by atoms with Crippen LogP contribution in [0.2, 0.25) is 0 Å². The van der Waals surface area contributed by atoms with Crippen LogP contribution in [-0.4, -0.2) is 17.6 Å². The molecule has 0 spiro atoms. The summed E-state index contributed by atoms with van der Waals surface area (Å²) in [6.45, 7) is 0. The van der Waals surface area contributed by atoms with Gasteiger partial charge in [-0.2, -0.15) is 5.26 Å². The first-order valence-corrected chi connectivity index (χ1v) is 5.87. The summed E-state index contributed by atoms with van der Waals surface area (Å²) in [5.74, 6) is -0.406. The molecule has 0 amide bonds. The second-order valence-electron chi connectivity index (χ2n) is 4.51. The topological polar surface area (TPSA) is 55.0 Å². The molecule has 4 nitrogen and oxygen atoms in total. The minimum absolute atomic E-state index is 0.406. The van der Waals surface area contributed by atoms with Gasteiger partial charge in [0.2, 0.25) is 0 Å². The molecule has 1 aromatic carbocycles. The molecule has 0 aliphatic heterocycles. The molecule has 1 aliphatic carbocycles. The molecule has 0 unspecified atom stereocenters. The van der Waals surface area contributed by atoms with Gasteiger partial charge in [-0.1, -0.05) is 0 Å². The number of esters is 1. The van der Waals surface area contributed by atoms with Crippen LogP contribution in [0.4, 0.5) is 0 Å². The fourth-order valence-corrected chi connectivity index (χ4v) is 2.26. The molecule has 1 aliphatic rings. The van der Waals surface area contributed by atoms with Crippen molar-refractivity contribution in [3.05, 3.63) is 35.5 Å². The summed E-state index contributed by atoms with van der Waals surface area (Å²) >= 11 is 0. The standard InChI is InChI=1S/C14H12N2O2/c1-18-14(17)9-6-10(8-15)12-4-5-16(11-2-3-11)13(12)7-9/h4-7,11H,2-3H2,1H3. The maximum absolute atomic E-state index is 11.6. The highest BCUT2D eigenvalue weighted by Gasteiger charge is 2.25. The predicted molar refractivity (Wildman–Crippen MR) is 66.3 cm³/mol. The summed E-state index contributed by atoms with van der Waals surface area (Å²) in [5, 5.41) is 10.1. The van der Waals surface area contributed by atoms with Crippen LogP contribution in [0.1, 0.15) is 34.8 Å². The third-order valence-electron chi connectivity index (χ3n) is 3.32. The fraction of sp³-hybridized carbons (Fsp3) is 0.286. The number of benzene rings is 1. The maximum atomic E-state index is 11.6. The van der Waals surface area contributed by atoms with Crippen molar-refractivity contribution in [3.63, 3.8) is 0 Å². The number of rotatable bonds is 2. The number of carbonyl (C=O) groups excluding carboxylic acids is 1. The van der Waals surface area contributed by atoms with E-state index in [1.807, 2.05) is 12.3 Å². The van der Waals surface area contributed by atoms with Gasteiger partial charge in [0.25, 0.3) is 0 Å². The fourth-order valence-electron chi connectivity index (χ4n) is 2.26. The highest BCUT2D eigenvalue weighted by molar-refractivity contribution is 5.97. The van der Waals surface area contributed by atoms with Crippen molar-refractivity contribution in [2.45, 2.75) is 18.9 Å². The van der Waals surface area contributed by atoms with E-state index in [2.05, 4.69) is 10.6 Å². The molecule has 18 heavy (non-hydrogen) atoms. The number of aromatic nitrogens is 1. The SMILES string of the molecule is COC(=O)c1cc(C#N)c2ccn(C3CC3)c2c1. The summed E-state index contributed by atoms with van der Waals surface area (Å²) in [5.41, 5.74) is 1.89. The van der Waals surface area contributed by atoms with Gasteiger partial charge < -0.3 is 9.30 Å². The second kappa shape index (κ2) is 3.88. The van der Waals surface area contributed by atoms with Crippen molar-refractivity contribution in [2.24, 2.45) is 0 Å². The Hall–Kier alpha value is -2.28. The first-order chi connectivity index (χ1) is 8.74. The van der Waals surface area contributed by atoms with Crippen LogP contribution in [0.25, 0.3) is 10.9 Å². The maximum Gasteiger partial charge on any atom is 0.337 e. The molecule has 1 heterocycles. The van der Waals surface area contributed by atoms with E-state index in [1.54, 1.807) is 12.1 Å². The van der Waals surface area contributed by atoms with Gasteiger partial charge in [-0.25, -0.2) is 4.79 Å². The lowest BCUT2D eigenvalue weighted by atomic mass is 10.1. The first-order valence-electron chi connectivity index (χ1n) is 5.87. The minimum Gasteiger partial charge on any atom is -0.465 e. The predicted octanol–water partition coefficient (Wildman–Crippen LogP) is 2.63.